The van der Waals surface area contributed by atoms with Crippen molar-refractivity contribution in [2.45, 2.75) is 45.7 Å². The van der Waals surface area contributed by atoms with E-state index < -0.39 is 0 Å². The van der Waals surface area contributed by atoms with Gasteiger partial charge in [0.2, 0.25) is 0 Å². The Labute approximate surface area is 123 Å². The molecule has 3 heteroatoms. The predicted molar refractivity (Wildman–Crippen MR) is 84.8 cm³/mol. The number of nitrogens with one attached hydrogen (secondary N) is 1. The highest BCUT2D eigenvalue weighted by Crippen LogP contribution is 2.14. The fourth-order valence-electron chi connectivity index (χ4n) is 2.12. The van der Waals surface area contributed by atoms with E-state index in [9.17, 15) is 0 Å². The first-order valence-electron chi connectivity index (χ1n) is 7.29. The summed E-state index contributed by atoms with van der Waals surface area (Å²) in [7, 11) is 2.19. The van der Waals surface area contributed by atoms with Crippen molar-refractivity contribution in [1.29, 1.82) is 0 Å². The van der Waals surface area contributed by atoms with Crippen LogP contribution in [0.2, 0.25) is 5.02 Å². The zero-order chi connectivity index (χ0) is 14.1. The summed E-state index contributed by atoms with van der Waals surface area (Å²) in [5.74, 6) is 0. The molecular formula is C16H27ClN2. The lowest BCUT2D eigenvalue weighted by atomic mass is 10.1. The Morgan fingerprint density at radius 2 is 2.11 bits per heavy atom. The maximum Gasteiger partial charge on any atom is 0.0409 e. The van der Waals surface area contributed by atoms with E-state index in [1.165, 1.54) is 24.8 Å². The maximum absolute atomic E-state index is 6.01. The molecular weight excluding hydrogens is 256 g/mol. The Hall–Kier alpha value is -0.570. The topological polar surface area (TPSA) is 15.3 Å². The summed E-state index contributed by atoms with van der Waals surface area (Å²) in [5, 5.41) is 4.27. The van der Waals surface area contributed by atoms with Gasteiger partial charge in [-0.25, -0.2) is 0 Å². The molecule has 0 aromatic heterocycles. The van der Waals surface area contributed by atoms with Gasteiger partial charge in [-0.05, 0) is 64.0 Å². The summed E-state index contributed by atoms with van der Waals surface area (Å²) in [4.78, 5) is 2.39. The summed E-state index contributed by atoms with van der Waals surface area (Å²) in [6.07, 6.45) is 3.68. The molecule has 1 rings (SSSR count). The number of benzene rings is 1. The molecule has 0 radical (unpaired) electrons. The highest BCUT2D eigenvalue weighted by molar-refractivity contribution is 6.30. The molecule has 0 aliphatic rings. The van der Waals surface area contributed by atoms with Gasteiger partial charge in [-0.15, -0.1) is 0 Å². The monoisotopic (exact) mass is 282 g/mol. The smallest absolute Gasteiger partial charge is 0.0409 e. The zero-order valence-electron chi connectivity index (χ0n) is 12.5. The molecule has 0 spiro atoms. The minimum Gasteiger partial charge on any atom is -0.317 e. The van der Waals surface area contributed by atoms with Crippen LogP contribution in [0.5, 0.6) is 0 Å². The van der Waals surface area contributed by atoms with Crippen LogP contribution in [0.3, 0.4) is 0 Å². The summed E-state index contributed by atoms with van der Waals surface area (Å²) < 4.78 is 0. The summed E-state index contributed by atoms with van der Waals surface area (Å²) in [5.41, 5.74) is 1.28. The summed E-state index contributed by atoms with van der Waals surface area (Å²) in [6.45, 7) is 7.72. The zero-order valence-corrected chi connectivity index (χ0v) is 13.2. The van der Waals surface area contributed by atoms with E-state index in [4.69, 9.17) is 11.6 Å². The predicted octanol–water partition coefficient (Wildman–Crippen LogP) is 3.94. The normalized spacial score (nSPS) is 12.9. The molecule has 0 heterocycles. The second-order valence-corrected chi connectivity index (χ2v) is 5.72. The van der Waals surface area contributed by atoms with Gasteiger partial charge in [-0.1, -0.05) is 30.7 Å². The molecule has 1 aromatic carbocycles. The lowest BCUT2D eigenvalue weighted by Crippen LogP contribution is -2.29. The van der Waals surface area contributed by atoms with E-state index >= 15 is 0 Å². The lowest BCUT2D eigenvalue weighted by molar-refractivity contribution is 0.234. The Bertz CT molecular complexity index is 354. The van der Waals surface area contributed by atoms with Gasteiger partial charge in [-0.2, -0.15) is 0 Å². The van der Waals surface area contributed by atoms with Crippen LogP contribution < -0.4 is 5.32 Å². The Morgan fingerprint density at radius 3 is 2.79 bits per heavy atom. The third-order valence-corrected chi connectivity index (χ3v) is 3.71. The molecule has 1 unspecified atom stereocenters. The first-order valence-corrected chi connectivity index (χ1v) is 7.66. The van der Waals surface area contributed by atoms with Crippen LogP contribution in [0, 0.1) is 0 Å². The minimum atomic E-state index is 0.599. The average molecular weight is 283 g/mol. The molecule has 0 bridgehead atoms. The second kappa shape index (κ2) is 9.35. The molecule has 2 nitrogen and oxygen atoms in total. The largest absolute Gasteiger partial charge is 0.317 e. The van der Waals surface area contributed by atoms with E-state index in [0.29, 0.717) is 6.04 Å². The van der Waals surface area contributed by atoms with Crippen molar-refractivity contribution in [2.75, 3.05) is 20.1 Å². The van der Waals surface area contributed by atoms with Crippen LogP contribution in [0.1, 0.15) is 38.7 Å². The number of rotatable bonds is 9. The molecule has 108 valence electrons. The van der Waals surface area contributed by atoms with Crippen LogP contribution in [0.4, 0.5) is 0 Å². The molecule has 0 aliphatic heterocycles. The van der Waals surface area contributed by atoms with Crippen LogP contribution in [-0.4, -0.2) is 31.1 Å². The van der Waals surface area contributed by atoms with Gasteiger partial charge >= 0.3 is 0 Å². The van der Waals surface area contributed by atoms with Crippen LogP contribution >= 0.6 is 11.6 Å². The second-order valence-electron chi connectivity index (χ2n) is 5.29. The molecule has 1 aromatic rings. The van der Waals surface area contributed by atoms with E-state index in [1.54, 1.807) is 0 Å². The van der Waals surface area contributed by atoms with Crippen LogP contribution in [0.25, 0.3) is 0 Å². The fourth-order valence-corrected chi connectivity index (χ4v) is 2.34. The molecule has 19 heavy (non-hydrogen) atoms. The van der Waals surface area contributed by atoms with Crippen molar-refractivity contribution in [2.24, 2.45) is 0 Å². The molecule has 0 amide bonds. The first kappa shape index (κ1) is 16.5. The Balaban J connectivity index is 2.26. The minimum absolute atomic E-state index is 0.599. The van der Waals surface area contributed by atoms with Gasteiger partial charge in [0.15, 0.2) is 0 Å². The number of nitrogens with zero attached hydrogens (tertiary/aromatic N) is 1. The van der Waals surface area contributed by atoms with Crippen molar-refractivity contribution in [3.8, 4) is 0 Å². The van der Waals surface area contributed by atoms with Gasteiger partial charge in [0.25, 0.3) is 0 Å². The number of hydrogen-bond donors (Lipinski definition) is 1. The van der Waals surface area contributed by atoms with E-state index in [2.05, 4.69) is 37.2 Å². The molecule has 0 saturated carbocycles. The molecule has 0 saturated heterocycles. The molecule has 0 aliphatic carbocycles. The van der Waals surface area contributed by atoms with Crippen molar-refractivity contribution >= 4 is 11.6 Å². The van der Waals surface area contributed by atoms with Crippen molar-refractivity contribution in [3.63, 3.8) is 0 Å². The number of hydrogen-bond acceptors (Lipinski definition) is 2. The van der Waals surface area contributed by atoms with Crippen LogP contribution in [0.15, 0.2) is 24.3 Å². The molecule has 1 N–H and O–H groups in total. The van der Waals surface area contributed by atoms with E-state index in [0.717, 1.165) is 24.7 Å². The third kappa shape index (κ3) is 6.95. The van der Waals surface area contributed by atoms with Gasteiger partial charge in [0, 0.05) is 17.6 Å². The number of halogens is 1. The Morgan fingerprint density at radius 1 is 1.32 bits per heavy atom. The van der Waals surface area contributed by atoms with Crippen molar-refractivity contribution in [3.05, 3.63) is 34.9 Å². The average Bonchev–Trinajstić information content (AvgIpc) is 2.38. The highest BCUT2D eigenvalue weighted by Gasteiger charge is 2.09. The Kier molecular flexibility index (Phi) is 8.11. The third-order valence-electron chi connectivity index (χ3n) is 3.48. The SMILES string of the molecule is CCCNCCCC(C)N(C)Cc1cccc(Cl)c1. The van der Waals surface area contributed by atoms with Crippen LogP contribution in [-0.2, 0) is 6.54 Å². The van der Waals surface area contributed by atoms with Gasteiger partial charge < -0.3 is 5.32 Å². The lowest BCUT2D eigenvalue weighted by Gasteiger charge is -2.25. The van der Waals surface area contributed by atoms with Gasteiger partial charge in [-0.3, -0.25) is 4.90 Å². The maximum atomic E-state index is 6.01. The van der Waals surface area contributed by atoms with Crippen molar-refractivity contribution in [1.82, 2.24) is 10.2 Å². The molecule has 0 fully saturated rings. The van der Waals surface area contributed by atoms with E-state index in [1.807, 2.05) is 18.2 Å². The quantitative estimate of drug-likeness (QED) is 0.690. The summed E-state index contributed by atoms with van der Waals surface area (Å²) >= 11 is 6.01. The summed E-state index contributed by atoms with van der Waals surface area (Å²) in [6, 6.07) is 8.73. The van der Waals surface area contributed by atoms with Gasteiger partial charge in [0.05, 0.1) is 0 Å². The first-order chi connectivity index (χ1) is 9.13. The highest BCUT2D eigenvalue weighted by atomic mass is 35.5. The van der Waals surface area contributed by atoms with Crippen molar-refractivity contribution < 1.29 is 0 Å². The van der Waals surface area contributed by atoms with E-state index in [-0.39, 0.29) is 0 Å². The van der Waals surface area contributed by atoms with Gasteiger partial charge in [0.1, 0.15) is 0 Å². The molecule has 1 atom stereocenters. The fraction of sp³-hybridized carbons (Fsp3) is 0.625. The standard InChI is InChI=1S/C16H27ClN2/c1-4-10-18-11-6-7-14(2)19(3)13-15-8-5-9-16(17)12-15/h5,8-9,12,14,18H,4,6-7,10-11,13H2,1-3H3.